The van der Waals surface area contributed by atoms with Gasteiger partial charge in [-0.25, -0.2) is 0 Å². The molecule has 1 aliphatic carbocycles. The summed E-state index contributed by atoms with van der Waals surface area (Å²) in [6.07, 6.45) is 2.37. The molecular weight excluding hydrogens is 276 g/mol. The number of benzene rings is 1. The van der Waals surface area contributed by atoms with Crippen LogP contribution in [0.3, 0.4) is 0 Å². The highest BCUT2D eigenvalue weighted by Crippen LogP contribution is 2.30. The summed E-state index contributed by atoms with van der Waals surface area (Å²) in [4.78, 5) is 14.4. The Morgan fingerprint density at radius 3 is 2.75 bits per heavy atom. The van der Waals surface area contributed by atoms with Gasteiger partial charge < -0.3 is 10.1 Å². The minimum atomic E-state index is -0.0360. The topological polar surface area (TPSA) is 41.6 Å². The number of ether oxygens (including phenoxy) is 1. The largest absolute Gasteiger partial charge is 0.495 e. The number of halogens is 1. The van der Waals surface area contributed by atoms with E-state index in [0.717, 1.165) is 0 Å². The Morgan fingerprint density at radius 1 is 1.50 bits per heavy atom. The first-order valence-electron chi connectivity index (χ1n) is 6.90. The van der Waals surface area contributed by atoms with Crippen molar-refractivity contribution in [2.45, 2.75) is 38.8 Å². The van der Waals surface area contributed by atoms with Gasteiger partial charge in [0.25, 0.3) is 0 Å². The van der Waals surface area contributed by atoms with Gasteiger partial charge in [-0.15, -0.1) is 0 Å². The highest BCUT2D eigenvalue weighted by atomic mass is 35.5. The van der Waals surface area contributed by atoms with Crippen molar-refractivity contribution in [2.24, 2.45) is 0 Å². The summed E-state index contributed by atoms with van der Waals surface area (Å²) in [6.45, 7) is 4.63. The van der Waals surface area contributed by atoms with Crippen LogP contribution in [0, 0.1) is 0 Å². The Bertz CT molecular complexity index is 485. The quantitative estimate of drug-likeness (QED) is 0.877. The monoisotopic (exact) mass is 296 g/mol. The molecular formula is C15H21ClN2O2. The molecule has 1 aromatic rings. The minimum absolute atomic E-state index is 0.0360. The lowest BCUT2D eigenvalue weighted by Crippen LogP contribution is -2.39. The summed E-state index contributed by atoms with van der Waals surface area (Å²) in [5.41, 5.74) is 0.615. The van der Waals surface area contributed by atoms with E-state index in [9.17, 15) is 4.79 Å². The van der Waals surface area contributed by atoms with Gasteiger partial charge in [0.15, 0.2) is 0 Å². The van der Waals surface area contributed by atoms with Crippen LogP contribution in [-0.4, -0.2) is 36.5 Å². The lowest BCUT2D eigenvalue weighted by molar-refractivity contribution is -0.117. The third-order valence-corrected chi connectivity index (χ3v) is 3.68. The maximum absolute atomic E-state index is 12.2. The number of hydrogen-bond acceptors (Lipinski definition) is 3. The first-order valence-corrected chi connectivity index (χ1v) is 7.28. The highest BCUT2D eigenvalue weighted by molar-refractivity contribution is 6.31. The standard InChI is InChI=1S/C15H21ClN2O2/c1-10(2)18(12-5-6-12)9-15(19)17-13-8-11(16)4-7-14(13)20-3/h4,7-8,10,12H,5-6,9H2,1-3H3,(H,17,19). The molecule has 0 aliphatic heterocycles. The van der Waals surface area contributed by atoms with Gasteiger partial charge in [-0.1, -0.05) is 11.6 Å². The molecule has 5 heteroatoms. The number of amides is 1. The Morgan fingerprint density at radius 2 is 2.20 bits per heavy atom. The Labute approximate surface area is 125 Å². The molecule has 0 atom stereocenters. The molecule has 0 bridgehead atoms. The molecule has 1 aromatic carbocycles. The smallest absolute Gasteiger partial charge is 0.238 e. The molecule has 0 spiro atoms. The van der Waals surface area contributed by atoms with Crippen LogP contribution in [-0.2, 0) is 4.79 Å². The van der Waals surface area contributed by atoms with Crippen molar-refractivity contribution >= 4 is 23.2 Å². The average Bonchev–Trinajstić information content (AvgIpc) is 3.20. The Kier molecular flexibility index (Phi) is 4.89. The fourth-order valence-corrected chi connectivity index (χ4v) is 2.45. The van der Waals surface area contributed by atoms with E-state index in [4.69, 9.17) is 16.3 Å². The van der Waals surface area contributed by atoms with E-state index >= 15 is 0 Å². The zero-order valence-electron chi connectivity index (χ0n) is 12.1. The summed E-state index contributed by atoms with van der Waals surface area (Å²) >= 11 is 5.96. The van der Waals surface area contributed by atoms with Crippen molar-refractivity contribution in [1.82, 2.24) is 4.90 Å². The van der Waals surface area contributed by atoms with E-state index in [0.29, 0.717) is 35.1 Å². The predicted molar refractivity (Wildman–Crippen MR) is 81.5 cm³/mol. The van der Waals surface area contributed by atoms with E-state index < -0.39 is 0 Å². The normalized spacial score (nSPS) is 14.7. The van der Waals surface area contributed by atoms with E-state index in [2.05, 4.69) is 24.1 Å². The summed E-state index contributed by atoms with van der Waals surface area (Å²) in [5, 5.41) is 3.45. The molecule has 1 aliphatic rings. The second-order valence-electron chi connectivity index (χ2n) is 5.39. The van der Waals surface area contributed by atoms with Crippen molar-refractivity contribution in [2.75, 3.05) is 19.0 Å². The molecule has 1 N–H and O–H groups in total. The zero-order chi connectivity index (χ0) is 14.7. The lowest BCUT2D eigenvalue weighted by atomic mass is 10.2. The van der Waals surface area contributed by atoms with Crippen LogP contribution >= 0.6 is 11.6 Å². The fraction of sp³-hybridized carbons (Fsp3) is 0.533. The van der Waals surface area contributed by atoms with E-state index in [-0.39, 0.29) is 5.91 Å². The van der Waals surface area contributed by atoms with Crippen molar-refractivity contribution < 1.29 is 9.53 Å². The number of hydrogen-bond donors (Lipinski definition) is 1. The number of nitrogens with one attached hydrogen (secondary N) is 1. The lowest BCUT2D eigenvalue weighted by Gasteiger charge is -2.25. The van der Waals surface area contributed by atoms with E-state index in [1.807, 2.05) is 0 Å². The first-order chi connectivity index (χ1) is 9.51. The first kappa shape index (κ1) is 15.1. The van der Waals surface area contributed by atoms with Crippen LogP contribution in [0.4, 0.5) is 5.69 Å². The maximum Gasteiger partial charge on any atom is 0.238 e. The molecule has 0 radical (unpaired) electrons. The van der Waals surface area contributed by atoms with Gasteiger partial charge in [-0.2, -0.15) is 0 Å². The maximum atomic E-state index is 12.2. The zero-order valence-corrected chi connectivity index (χ0v) is 12.9. The van der Waals surface area contributed by atoms with Crippen LogP contribution in [0.15, 0.2) is 18.2 Å². The SMILES string of the molecule is COc1ccc(Cl)cc1NC(=O)CN(C(C)C)C1CC1. The third-order valence-electron chi connectivity index (χ3n) is 3.44. The van der Waals surface area contributed by atoms with Crippen LogP contribution in [0.1, 0.15) is 26.7 Å². The van der Waals surface area contributed by atoms with Gasteiger partial charge in [0.1, 0.15) is 5.75 Å². The summed E-state index contributed by atoms with van der Waals surface area (Å²) in [5.74, 6) is 0.580. The van der Waals surface area contributed by atoms with Crippen LogP contribution in [0.25, 0.3) is 0 Å². The third kappa shape index (κ3) is 3.87. The summed E-state index contributed by atoms with van der Waals surface area (Å²) < 4.78 is 5.23. The molecule has 4 nitrogen and oxygen atoms in total. The molecule has 0 heterocycles. The number of methoxy groups -OCH3 is 1. The number of nitrogens with zero attached hydrogens (tertiary/aromatic N) is 1. The van der Waals surface area contributed by atoms with Crippen LogP contribution in [0.2, 0.25) is 5.02 Å². The number of carbonyl (C=O) groups is 1. The minimum Gasteiger partial charge on any atom is -0.495 e. The molecule has 2 rings (SSSR count). The molecule has 1 amide bonds. The molecule has 110 valence electrons. The molecule has 0 unspecified atom stereocenters. The molecule has 0 aromatic heterocycles. The number of rotatable bonds is 6. The van der Waals surface area contributed by atoms with Gasteiger partial charge in [-0.3, -0.25) is 9.69 Å². The van der Waals surface area contributed by atoms with Crippen molar-refractivity contribution in [3.8, 4) is 5.75 Å². The number of anilines is 1. The highest BCUT2D eigenvalue weighted by Gasteiger charge is 2.31. The molecule has 0 saturated heterocycles. The number of carbonyl (C=O) groups excluding carboxylic acids is 1. The van der Waals surface area contributed by atoms with Gasteiger partial charge in [0.05, 0.1) is 19.3 Å². The fourth-order valence-electron chi connectivity index (χ4n) is 2.27. The van der Waals surface area contributed by atoms with Gasteiger partial charge in [0.2, 0.25) is 5.91 Å². The Balaban J connectivity index is 2.02. The van der Waals surface area contributed by atoms with Gasteiger partial charge in [0, 0.05) is 17.1 Å². The second-order valence-corrected chi connectivity index (χ2v) is 5.83. The average molecular weight is 297 g/mol. The molecule has 1 fully saturated rings. The van der Waals surface area contributed by atoms with Crippen molar-refractivity contribution in [1.29, 1.82) is 0 Å². The van der Waals surface area contributed by atoms with Crippen LogP contribution < -0.4 is 10.1 Å². The second kappa shape index (κ2) is 6.46. The Hall–Kier alpha value is -1.26. The molecule has 20 heavy (non-hydrogen) atoms. The predicted octanol–water partition coefficient (Wildman–Crippen LogP) is 3.16. The summed E-state index contributed by atoms with van der Waals surface area (Å²) in [7, 11) is 1.57. The molecule has 1 saturated carbocycles. The summed E-state index contributed by atoms with van der Waals surface area (Å²) in [6, 6.07) is 6.12. The van der Waals surface area contributed by atoms with Gasteiger partial charge in [-0.05, 0) is 44.9 Å². The van der Waals surface area contributed by atoms with Crippen molar-refractivity contribution in [3.05, 3.63) is 23.2 Å². The van der Waals surface area contributed by atoms with Crippen LogP contribution in [0.5, 0.6) is 5.75 Å². The van der Waals surface area contributed by atoms with Gasteiger partial charge >= 0.3 is 0 Å². The van der Waals surface area contributed by atoms with E-state index in [1.165, 1.54) is 12.8 Å². The van der Waals surface area contributed by atoms with E-state index in [1.54, 1.807) is 25.3 Å². The van der Waals surface area contributed by atoms with Crippen molar-refractivity contribution in [3.63, 3.8) is 0 Å².